The molecule has 0 aromatic carbocycles. The molecule has 0 radical (unpaired) electrons. The molecule has 0 aliphatic heterocycles. The Morgan fingerprint density at radius 3 is 2.75 bits per heavy atom. The van der Waals surface area contributed by atoms with E-state index in [0.29, 0.717) is 18.0 Å². The van der Waals surface area contributed by atoms with Crippen molar-refractivity contribution in [3.8, 4) is 17.1 Å². The predicted molar refractivity (Wildman–Crippen MR) is 112 cm³/mol. The van der Waals surface area contributed by atoms with Gasteiger partial charge in [0, 0.05) is 41.0 Å². The number of aromatic nitrogens is 4. The van der Waals surface area contributed by atoms with Crippen LogP contribution in [0.4, 0.5) is 5.69 Å². The van der Waals surface area contributed by atoms with Crippen LogP contribution in [0.2, 0.25) is 0 Å². The third-order valence-electron chi connectivity index (χ3n) is 5.48. The molecule has 0 spiro atoms. The summed E-state index contributed by atoms with van der Waals surface area (Å²) < 4.78 is 5.29. The van der Waals surface area contributed by atoms with Gasteiger partial charge in [-0.1, -0.05) is 13.3 Å². The monoisotopic (exact) mass is 380 g/mol. The number of fused-ring (bicyclic) bond motifs is 1. The average molecular weight is 380 g/mol. The molecule has 1 aliphatic carbocycles. The molecule has 1 fully saturated rings. The number of rotatable bonds is 6. The standard InChI is InChI=1S/C21H28N6O/c1-3-4-15-9-16-20(26-14-7-5-13(22)6-8-14)17(11-23-21(16)27-15)18-10-19(28-2)25-12-24-18/h9-14H,3-8,22H2,1-2H3,(H2,23,26,27)/t13-,14-. The minimum atomic E-state index is 0.324. The summed E-state index contributed by atoms with van der Waals surface area (Å²) in [5.74, 6) is 0.542. The second kappa shape index (κ2) is 8.14. The van der Waals surface area contributed by atoms with E-state index in [4.69, 9.17) is 10.5 Å². The van der Waals surface area contributed by atoms with E-state index in [1.165, 1.54) is 12.0 Å². The van der Waals surface area contributed by atoms with Crippen molar-refractivity contribution in [3.05, 3.63) is 30.4 Å². The summed E-state index contributed by atoms with van der Waals surface area (Å²) in [4.78, 5) is 16.7. The number of H-pyrrole nitrogens is 1. The van der Waals surface area contributed by atoms with Gasteiger partial charge in [-0.2, -0.15) is 0 Å². The summed E-state index contributed by atoms with van der Waals surface area (Å²) in [6.07, 6.45) is 9.76. The summed E-state index contributed by atoms with van der Waals surface area (Å²) >= 11 is 0. The van der Waals surface area contributed by atoms with Gasteiger partial charge in [0.25, 0.3) is 0 Å². The summed E-state index contributed by atoms with van der Waals surface area (Å²) in [5.41, 5.74) is 11.0. The van der Waals surface area contributed by atoms with Gasteiger partial charge in [0.1, 0.15) is 12.0 Å². The number of anilines is 1. The van der Waals surface area contributed by atoms with Crippen molar-refractivity contribution in [2.45, 2.75) is 57.5 Å². The highest BCUT2D eigenvalue weighted by Gasteiger charge is 2.22. The van der Waals surface area contributed by atoms with Gasteiger partial charge in [-0.3, -0.25) is 0 Å². The van der Waals surface area contributed by atoms with Crippen molar-refractivity contribution in [2.24, 2.45) is 5.73 Å². The first kappa shape index (κ1) is 18.7. The Morgan fingerprint density at radius 1 is 1.18 bits per heavy atom. The molecule has 7 nitrogen and oxygen atoms in total. The van der Waals surface area contributed by atoms with Gasteiger partial charge in [0.15, 0.2) is 0 Å². The lowest BCUT2D eigenvalue weighted by Crippen LogP contribution is -2.33. The first-order valence-corrected chi connectivity index (χ1v) is 10.1. The molecular formula is C21H28N6O. The number of ether oxygens (including phenoxy) is 1. The maximum absolute atomic E-state index is 6.10. The number of nitrogens with one attached hydrogen (secondary N) is 2. The summed E-state index contributed by atoms with van der Waals surface area (Å²) in [6.45, 7) is 2.18. The summed E-state index contributed by atoms with van der Waals surface area (Å²) in [7, 11) is 1.61. The molecule has 4 rings (SSSR count). The second-order valence-electron chi connectivity index (χ2n) is 7.56. The van der Waals surface area contributed by atoms with E-state index in [0.717, 1.165) is 66.5 Å². The molecule has 0 saturated heterocycles. The number of nitrogens with zero attached hydrogens (tertiary/aromatic N) is 3. The number of nitrogens with two attached hydrogens (primary N) is 1. The molecular weight excluding hydrogens is 352 g/mol. The van der Waals surface area contributed by atoms with Gasteiger partial charge in [-0.25, -0.2) is 15.0 Å². The fourth-order valence-corrected chi connectivity index (χ4v) is 3.95. The molecule has 1 saturated carbocycles. The average Bonchev–Trinajstić information content (AvgIpc) is 3.13. The van der Waals surface area contributed by atoms with E-state index >= 15 is 0 Å². The Bertz CT molecular complexity index is 945. The Balaban J connectivity index is 1.78. The highest BCUT2D eigenvalue weighted by atomic mass is 16.5. The number of hydrogen-bond donors (Lipinski definition) is 3. The molecule has 28 heavy (non-hydrogen) atoms. The quantitative estimate of drug-likeness (QED) is 0.603. The molecule has 0 unspecified atom stereocenters. The fourth-order valence-electron chi connectivity index (χ4n) is 3.95. The normalized spacial score (nSPS) is 19.7. The smallest absolute Gasteiger partial charge is 0.216 e. The first-order chi connectivity index (χ1) is 13.7. The highest BCUT2D eigenvalue weighted by molar-refractivity contribution is 5.98. The van der Waals surface area contributed by atoms with Crippen LogP contribution in [0.25, 0.3) is 22.3 Å². The molecule has 3 heterocycles. The van der Waals surface area contributed by atoms with Gasteiger partial charge in [-0.15, -0.1) is 0 Å². The number of pyridine rings is 1. The van der Waals surface area contributed by atoms with Gasteiger partial charge in [-0.05, 0) is 38.2 Å². The maximum Gasteiger partial charge on any atom is 0.216 e. The lowest BCUT2D eigenvalue weighted by molar-refractivity contribution is 0.397. The summed E-state index contributed by atoms with van der Waals surface area (Å²) in [6, 6.07) is 4.79. The van der Waals surface area contributed by atoms with Crippen molar-refractivity contribution in [2.75, 3.05) is 12.4 Å². The summed E-state index contributed by atoms with van der Waals surface area (Å²) in [5, 5.41) is 4.89. The lowest BCUT2D eigenvalue weighted by atomic mass is 9.91. The van der Waals surface area contributed by atoms with Gasteiger partial charge >= 0.3 is 0 Å². The lowest BCUT2D eigenvalue weighted by Gasteiger charge is -2.28. The van der Waals surface area contributed by atoms with Crippen molar-refractivity contribution >= 4 is 16.7 Å². The number of hydrogen-bond acceptors (Lipinski definition) is 6. The molecule has 3 aromatic heterocycles. The predicted octanol–water partition coefficient (Wildman–Crippen LogP) is 3.66. The van der Waals surface area contributed by atoms with Crippen molar-refractivity contribution in [3.63, 3.8) is 0 Å². The Hall–Kier alpha value is -2.67. The van der Waals surface area contributed by atoms with E-state index in [1.807, 2.05) is 12.3 Å². The maximum atomic E-state index is 6.10. The largest absolute Gasteiger partial charge is 0.481 e. The zero-order valence-corrected chi connectivity index (χ0v) is 16.5. The minimum absolute atomic E-state index is 0.324. The van der Waals surface area contributed by atoms with E-state index < -0.39 is 0 Å². The highest BCUT2D eigenvalue weighted by Crippen LogP contribution is 2.36. The third-order valence-corrected chi connectivity index (χ3v) is 5.48. The fraction of sp³-hybridized carbons (Fsp3) is 0.476. The molecule has 148 valence electrons. The first-order valence-electron chi connectivity index (χ1n) is 10.1. The SMILES string of the molecule is CCCc1cc2c(N[C@H]3CC[C@H](N)CC3)c(-c3cc(OC)ncn3)cnc2[nH]1. The van der Waals surface area contributed by atoms with E-state index in [9.17, 15) is 0 Å². The van der Waals surface area contributed by atoms with Crippen molar-refractivity contribution in [1.82, 2.24) is 19.9 Å². The third kappa shape index (κ3) is 3.80. The molecule has 3 aromatic rings. The van der Waals surface area contributed by atoms with Crippen LogP contribution in [-0.2, 0) is 6.42 Å². The second-order valence-corrected chi connectivity index (χ2v) is 7.56. The number of methoxy groups -OCH3 is 1. The van der Waals surface area contributed by atoms with Gasteiger partial charge in [0.05, 0.1) is 18.5 Å². The molecule has 7 heteroatoms. The van der Waals surface area contributed by atoms with Gasteiger partial charge in [0.2, 0.25) is 5.88 Å². The van der Waals surface area contributed by atoms with Crippen LogP contribution in [0.3, 0.4) is 0 Å². The van der Waals surface area contributed by atoms with Crippen LogP contribution in [0, 0.1) is 0 Å². The van der Waals surface area contributed by atoms with Crippen LogP contribution in [0.5, 0.6) is 5.88 Å². The zero-order valence-electron chi connectivity index (χ0n) is 16.5. The van der Waals surface area contributed by atoms with E-state index in [-0.39, 0.29) is 0 Å². The molecule has 0 atom stereocenters. The number of aryl methyl sites for hydroxylation is 1. The minimum Gasteiger partial charge on any atom is -0.481 e. The van der Waals surface area contributed by atoms with Crippen LogP contribution in [-0.4, -0.2) is 39.1 Å². The van der Waals surface area contributed by atoms with Crippen LogP contribution in [0.15, 0.2) is 24.7 Å². The van der Waals surface area contributed by atoms with Crippen LogP contribution < -0.4 is 15.8 Å². The Kier molecular flexibility index (Phi) is 5.43. The van der Waals surface area contributed by atoms with E-state index in [1.54, 1.807) is 7.11 Å². The Labute approximate surface area is 165 Å². The van der Waals surface area contributed by atoms with Crippen molar-refractivity contribution < 1.29 is 4.74 Å². The number of aromatic amines is 1. The zero-order chi connectivity index (χ0) is 19.5. The van der Waals surface area contributed by atoms with Crippen LogP contribution >= 0.6 is 0 Å². The van der Waals surface area contributed by atoms with Gasteiger partial charge < -0.3 is 20.8 Å². The molecule has 1 aliphatic rings. The Morgan fingerprint density at radius 2 is 2.00 bits per heavy atom. The van der Waals surface area contributed by atoms with E-state index in [2.05, 4.69) is 38.2 Å². The molecule has 4 N–H and O–H groups in total. The molecule has 0 bridgehead atoms. The van der Waals surface area contributed by atoms with Crippen molar-refractivity contribution in [1.29, 1.82) is 0 Å². The molecule has 0 amide bonds. The topological polar surface area (TPSA) is 102 Å². The van der Waals surface area contributed by atoms with Crippen LogP contribution in [0.1, 0.15) is 44.7 Å².